The zero-order valence-corrected chi connectivity index (χ0v) is 19.5. The molecule has 34 heavy (non-hydrogen) atoms. The Bertz CT molecular complexity index is 1290. The SMILES string of the molecule is COc1cccc(Cc2csc(N3CCC(S(=O)(=O)c4c(F)c(F)c(F)c(F)c4F)CC3)n2)c1. The fourth-order valence-electron chi connectivity index (χ4n) is 3.87. The number of anilines is 1. The van der Waals surface area contributed by atoms with E-state index >= 15 is 0 Å². The average molecular weight is 519 g/mol. The minimum absolute atomic E-state index is 0.0490. The molecule has 0 radical (unpaired) electrons. The van der Waals surface area contributed by atoms with Gasteiger partial charge >= 0.3 is 0 Å². The summed E-state index contributed by atoms with van der Waals surface area (Å²) in [7, 11) is -3.21. The summed E-state index contributed by atoms with van der Waals surface area (Å²) in [5.41, 5.74) is 1.81. The molecule has 12 heteroatoms. The van der Waals surface area contributed by atoms with E-state index < -0.39 is 49.1 Å². The summed E-state index contributed by atoms with van der Waals surface area (Å²) in [6.07, 6.45) is 0.470. The highest BCUT2D eigenvalue weighted by Gasteiger charge is 2.39. The smallest absolute Gasteiger partial charge is 0.200 e. The highest BCUT2D eigenvalue weighted by Crippen LogP contribution is 2.34. The fourth-order valence-corrected chi connectivity index (χ4v) is 6.60. The van der Waals surface area contributed by atoms with Crippen LogP contribution in [-0.2, 0) is 16.3 Å². The third-order valence-electron chi connectivity index (χ3n) is 5.66. The van der Waals surface area contributed by atoms with Gasteiger partial charge in [0.25, 0.3) is 0 Å². The number of methoxy groups -OCH3 is 1. The topological polar surface area (TPSA) is 59.5 Å². The summed E-state index contributed by atoms with van der Waals surface area (Å²) in [4.78, 5) is 4.66. The number of nitrogens with zero attached hydrogens (tertiary/aromatic N) is 2. The quantitative estimate of drug-likeness (QED) is 0.202. The molecule has 0 bridgehead atoms. The first kappa shape index (κ1) is 24.4. The molecule has 1 fully saturated rings. The maximum Gasteiger partial charge on any atom is 0.200 e. The minimum atomic E-state index is -4.79. The molecule has 2 heterocycles. The van der Waals surface area contributed by atoms with Crippen LogP contribution in [0.3, 0.4) is 0 Å². The number of piperidine rings is 1. The Morgan fingerprint density at radius 3 is 2.26 bits per heavy atom. The van der Waals surface area contributed by atoms with Crippen LogP contribution in [0.2, 0.25) is 0 Å². The zero-order chi connectivity index (χ0) is 24.6. The van der Waals surface area contributed by atoms with Crippen LogP contribution in [-0.4, -0.2) is 38.9 Å². The molecular formula is C22H19F5N2O3S2. The number of thiazole rings is 1. The van der Waals surface area contributed by atoms with Crippen LogP contribution in [0.15, 0.2) is 34.5 Å². The predicted octanol–water partition coefficient (Wildman–Crippen LogP) is 4.88. The third-order valence-corrected chi connectivity index (χ3v) is 8.89. The average Bonchev–Trinajstić information content (AvgIpc) is 3.30. The molecule has 0 N–H and O–H groups in total. The van der Waals surface area contributed by atoms with Gasteiger partial charge < -0.3 is 9.64 Å². The normalized spacial score (nSPS) is 15.1. The van der Waals surface area contributed by atoms with E-state index in [1.807, 2.05) is 34.5 Å². The Labute approximate surface area is 196 Å². The molecule has 1 aliphatic rings. The molecule has 0 spiro atoms. The van der Waals surface area contributed by atoms with Crippen LogP contribution in [0, 0.1) is 29.1 Å². The van der Waals surface area contributed by atoms with Crippen LogP contribution in [0.5, 0.6) is 5.75 Å². The number of hydrogen-bond donors (Lipinski definition) is 0. The summed E-state index contributed by atoms with van der Waals surface area (Å²) < 4.78 is 99.3. The minimum Gasteiger partial charge on any atom is -0.497 e. The first-order chi connectivity index (χ1) is 16.1. The van der Waals surface area contributed by atoms with E-state index in [4.69, 9.17) is 4.74 Å². The molecule has 4 rings (SSSR count). The lowest BCUT2D eigenvalue weighted by molar-refractivity contribution is 0.356. The largest absolute Gasteiger partial charge is 0.497 e. The summed E-state index contributed by atoms with van der Waals surface area (Å²) in [6.45, 7) is 0.400. The molecule has 0 saturated carbocycles. The number of rotatable bonds is 6. The highest BCUT2D eigenvalue weighted by molar-refractivity contribution is 7.92. The second-order valence-electron chi connectivity index (χ2n) is 7.78. The number of halogens is 5. The van der Waals surface area contributed by atoms with Crippen molar-refractivity contribution in [3.05, 3.63) is 70.0 Å². The van der Waals surface area contributed by atoms with Gasteiger partial charge in [-0.2, -0.15) is 0 Å². The van der Waals surface area contributed by atoms with Crippen LogP contribution < -0.4 is 9.64 Å². The first-order valence-electron chi connectivity index (χ1n) is 10.2. The van der Waals surface area contributed by atoms with E-state index in [9.17, 15) is 30.4 Å². The lowest BCUT2D eigenvalue weighted by Crippen LogP contribution is -2.40. The molecule has 1 aliphatic heterocycles. The Hall–Kier alpha value is -2.73. The van der Waals surface area contributed by atoms with Crippen LogP contribution in [0.4, 0.5) is 27.1 Å². The maximum absolute atomic E-state index is 14.1. The molecule has 3 aromatic rings. The van der Waals surface area contributed by atoms with Gasteiger partial charge in [0.2, 0.25) is 5.82 Å². The number of hydrogen-bond acceptors (Lipinski definition) is 6. The lowest BCUT2D eigenvalue weighted by atomic mass is 10.1. The Morgan fingerprint density at radius 2 is 1.65 bits per heavy atom. The van der Waals surface area contributed by atoms with Gasteiger partial charge in [0.15, 0.2) is 38.2 Å². The van der Waals surface area contributed by atoms with Gasteiger partial charge in [0.1, 0.15) is 10.6 Å². The van der Waals surface area contributed by atoms with E-state index in [-0.39, 0.29) is 25.9 Å². The van der Waals surface area contributed by atoms with Crippen molar-refractivity contribution in [2.24, 2.45) is 0 Å². The number of aromatic nitrogens is 1. The summed E-state index contributed by atoms with van der Waals surface area (Å²) in [5.74, 6) is -10.9. The molecule has 0 aliphatic carbocycles. The standard InChI is InChI=1S/C22H19F5N2O3S2/c1-32-14-4-2-3-12(10-14)9-13-11-33-22(28-13)29-7-5-15(6-8-29)34(30,31)21-19(26)17(24)16(23)18(25)20(21)27/h2-4,10-11,15H,5-9H2,1H3. The first-order valence-corrected chi connectivity index (χ1v) is 12.6. The van der Waals surface area contributed by atoms with Gasteiger partial charge in [-0.15, -0.1) is 11.3 Å². The van der Waals surface area contributed by atoms with Crippen LogP contribution in [0.1, 0.15) is 24.1 Å². The van der Waals surface area contributed by atoms with Crippen molar-refractivity contribution in [3.8, 4) is 5.75 Å². The Morgan fingerprint density at radius 1 is 1.03 bits per heavy atom. The second-order valence-corrected chi connectivity index (χ2v) is 10.8. The predicted molar refractivity (Wildman–Crippen MR) is 117 cm³/mol. The zero-order valence-electron chi connectivity index (χ0n) is 17.8. The van der Waals surface area contributed by atoms with E-state index in [1.165, 1.54) is 11.3 Å². The summed E-state index contributed by atoms with van der Waals surface area (Å²) in [5, 5.41) is 1.25. The van der Waals surface area contributed by atoms with Crippen LogP contribution >= 0.6 is 11.3 Å². The lowest BCUT2D eigenvalue weighted by Gasteiger charge is -2.31. The van der Waals surface area contributed by atoms with Crippen molar-refractivity contribution in [1.29, 1.82) is 0 Å². The van der Waals surface area contributed by atoms with E-state index in [2.05, 4.69) is 4.98 Å². The Balaban J connectivity index is 1.47. The van der Waals surface area contributed by atoms with Crippen molar-refractivity contribution >= 4 is 26.3 Å². The van der Waals surface area contributed by atoms with E-state index in [0.29, 0.717) is 11.6 Å². The van der Waals surface area contributed by atoms with Crippen LogP contribution in [0.25, 0.3) is 0 Å². The molecule has 1 aromatic heterocycles. The highest BCUT2D eigenvalue weighted by atomic mass is 32.2. The second kappa shape index (κ2) is 9.49. The monoisotopic (exact) mass is 518 g/mol. The molecule has 2 aromatic carbocycles. The summed E-state index contributed by atoms with van der Waals surface area (Å²) >= 11 is 1.37. The van der Waals surface area contributed by atoms with Crippen molar-refractivity contribution in [2.45, 2.75) is 29.4 Å². The molecule has 5 nitrogen and oxygen atoms in total. The van der Waals surface area contributed by atoms with Crippen molar-refractivity contribution in [1.82, 2.24) is 4.98 Å². The van der Waals surface area contributed by atoms with Gasteiger partial charge in [-0.3, -0.25) is 0 Å². The maximum atomic E-state index is 14.1. The molecule has 0 unspecified atom stereocenters. The van der Waals surface area contributed by atoms with Gasteiger partial charge in [-0.05, 0) is 30.5 Å². The van der Waals surface area contributed by atoms with Crippen molar-refractivity contribution in [2.75, 3.05) is 25.1 Å². The summed E-state index contributed by atoms with van der Waals surface area (Å²) in [6, 6.07) is 7.55. The van der Waals surface area contributed by atoms with Gasteiger partial charge in [-0.25, -0.2) is 35.4 Å². The van der Waals surface area contributed by atoms with Crippen molar-refractivity contribution in [3.63, 3.8) is 0 Å². The van der Waals surface area contributed by atoms with E-state index in [0.717, 1.165) is 17.0 Å². The van der Waals surface area contributed by atoms with Gasteiger partial charge in [-0.1, -0.05) is 12.1 Å². The Kier molecular flexibility index (Phi) is 6.81. The van der Waals surface area contributed by atoms with E-state index in [1.54, 1.807) is 7.11 Å². The van der Waals surface area contributed by atoms with Gasteiger partial charge in [0, 0.05) is 24.9 Å². The molecule has 1 saturated heterocycles. The fraction of sp³-hybridized carbons (Fsp3) is 0.318. The number of ether oxygens (including phenoxy) is 1. The number of benzene rings is 2. The number of sulfone groups is 1. The van der Waals surface area contributed by atoms with Crippen molar-refractivity contribution < 1.29 is 35.1 Å². The molecular weight excluding hydrogens is 499 g/mol. The van der Waals surface area contributed by atoms with Gasteiger partial charge in [0.05, 0.1) is 18.1 Å². The molecule has 182 valence electrons. The molecule has 0 amide bonds. The molecule has 0 atom stereocenters. The third kappa shape index (κ3) is 4.48.